The molecule has 0 radical (unpaired) electrons. The number of aromatic nitrogens is 1. The minimum Gasteiger partial charge on any atom is -0.389 e. The molecule has 1 heterocycles. The van der Waals surface area contributed by atoms with Gasteiger partial charge in [-0.15, -0.1) is 0 Å². The first kappa shape index (κ1) is 15.6. The van der Waals surface area contributed by atoms with E-state index in [4.69, 9.17) is 18.0 Å². The second-order valence-electron chi connectivity index (χ2n) is 4.40. The number of hydrogen-bond donors (Lipinski definition) is 2. The Morgan fingerprint density at radius 1 is 1.29 bits per heavy atom. The van der Waals surface area contributed by atoms with E-state index in [1.54, 1.807) is 24.5 Å². The Bertz CT molecular complexity index is 731. The van der Waals surface area contributed by atoms with Crippen LogP contribution >= 0.6 is 12.2 Å². The average molecular weight is 321 g/mol. The van der Waals surface area contributed by atoms with Crippen molar-refractivity contribution in [1.82, 2.24) is 9.71 Å². The van der Waals surface area contributed by atoms with Crippen LogP contribution in [0.2, 0.25) is 0 Å². The fourth-order valence-corrected chi connectivity index (χ4v) is 2.98. The molecule has 0 aliphatic carbocycles. The van der Waals surface area contributed by atoms with Crippen molar-refractivity contribution >= 4 is 27.2 Å². The number of sulfonamides is 1. The van der Waals surface area contributed by atoms with Gasteiger partial charge in [0.25, 0.3) is 0 Å². The largest absolute Gasteiger partial charge is 0.389 e. The number of thiocarbonyl (C=S) groups is 1. The summed E-state index contributed by atoms with van der Waals surface area (Å²) in [6.07, 6.45) is 3.96. The number of pyridine rings is 1. The predicted octanol–water partition coefficient (Wildman–Crippen LogP) is 1.24. The Morgan fingerprint density at radius 3 is 2.76 bits per heavy atom. The molecule has 0 saturated carbocycles. The number of nitrogens with zero attached hydrogens (tertiary/aromatic N) is 1. The van der Waals surface area contributed by atoms with Crippen LogP contribution in [0.3, 0.4) is 0 Å². The van der Waals surface area contributed by atoms with Gasteiger partial charge in [-0.05, 0) is 30.2 Å². The lowest BCUT2D eigenvalue weighted by molar-refractivity contribution is 0.581. The third-order valence-electron chi connectivity index (χ3n) is 2.86. The molecule has 7 heteroatoms. The van der Waals surface area contributed by atoms with Gasteiger partial charge in [-0.25, -0.2) is 13.1 Å². The quantitative estimate of drug-likeness (QED) is 0.782. The van der Waals surface area contributed by atoms with Crippen LogP contribution in [0.15, 0.2) is 53.7 Å². The van der Waals surface area contributed by atoms with Crippen molar-refractivity contribution in [3.05, 3.63) is 59.9 Å². The molecule has 0 bridgehead atoms. The van der Waals surface area contributed by atoms with Crippen LogP contribution in [-0.2, 0) is 16.4 Å². The lowest BCUT2D eigenvalue weighted by Gasteiger charge is -2.08. The van der Waals surface area contributed by atoms with Crippen molar-refractivity contribution in [2.75, 3.05) is 6.54 Å². The first-order valence-corrected chi connectivity index (χ1v) is 8.16. The summed E-state index contributed by atoms with van der Waals surface area (Å²) in [6, 6.07) is 9.98. The zero-order valence-corrected chi connectivity index (χ0v) is 12.8. The zero-order chi connectivity index (χ0) is 15.3. The molecule has 21 heavy (non-hydrogen) atoms. The fourth-order valence-electron chi connectivity index (χ4n) is 1.78. The highest BCUT2D eigenvalue weighted by Crippen LogP contribution is 2.11. The summed E-state index contributed by atoms with van der Waals surface area (Å²) in [5.41, 5.74) is 7.01. The monoisotopic (exact) mass is 321 g/mol. The van der Waals surface area contributed by atoms with Gasteiger partial charge in [0, 0.05) is 24.5 Å². The van der Waals surface area contributed by atoms with Gasteiger partial charge >= 0.3 is 0 Å². The minimum absolute atomic E-state index is 0.152. The van der Waals surface area contributed by atoms with Gasteiger partial charge < -0.3 is 5.73 Å². The van der Waals surface area contributed by atoms with Gasteiger partial charge in [0.15, 0.2) is 0 Å². The van der Waals surface area contributed by atoms with Gasteiger partial charge in [0.05, 0.1) is 4.90 Å². The van der Waals surface area contributed by atoms with E-state index < -0.39 is 10.0 Å². The van der Waals surface area contributed by atoms with Crippen LogP contribution in [0.4, 0.5) is 0 Å². The molecule has 0 amide bonds. The predicted molar refractivity (Wildman–Crippen MR) is 85.5 cm³/mol. The first-order chi connectivity index (χ1) is 9.99. The molecule has 0 aliphatic rings. The summed E-state index contributed by atoms with van der Waals surface area (Å²) in [4.78, 5) is 4.30. The maximum absolute atomic E-state index is 12.2. The van der Waals surface area contributed by atoms with Gasteiger partial charge in [0.1, 0.15) is 4.99 Å². The second kappa shape index (κ2) is 6.75. The maximum Gasteiger partial charge on any atom is 0.240 e. The van der Waals surface area contributed by atoms with E-state index in [-0.39, 0.29) is 9.88 Å². The van der Waals surface area contributed by atoms with E-state index in [0.717, 1.165) is 5.56 Å². The topological polar surface area (TPSA) is 85.1 Å². The maximum atomic E-state index is 12.2. The summed E-state index contributed by atoms with van der Waals surface area (Å²) >= 11 is 4.85. The van der Waals surface area contributed by atoms with Crippen LogP contribution in [0.5, 0.6) is 0 Å². The molecule has 5 nitrogen and oxygen atoms in total. The molecule has 110 valence electrons. The summed E-state index contributed by atoms with van der Waals surface area (Å²) in [6.45, 7) is 0.297. The first-order valence-electron chi connectivity index (χ1n) is 6.27. The highest BCUT2D eigenvalue weighted by Gasteiger charge is 2.14. The van der Waals surface area contributed by atoms with Crippen molar-refractivity contribution < 1.29 is 8.42 Å². The van der Waals surface area contributed by atoms with Crippen molar-refractivity contribution in [1.29, 1.82) is 0 Å². The second-order valence-corrected chi connectivity index (χ2v) is 6.61. The van der Waals surface area contributed by atoms with Gasteiger partial charge in [-0.2, -0.15) is 0 Å². The Labute approximate surface area is 129 Å². The summed E-state index contributed by atoms with van der Waals surface area (Å²) in [5.74, 6) is 0. The Kier molecular flexibility index (Phi) is 5.00. The van der Waals surface area contributed by atoms with Crippen molar-refractivity contribution in [3.8, 4) is 0 Å². The molecule has 2 aromatic rings. The van der Waals surface area contributed by atoms with Gasteiger partial charge in [-0.3, -0.25) is 4.98 Å². The molecule has 1 aromatic carbocycles. The van der Waals surface area contributed by atoms with Crippen LogP contribution in [-0.4, -0.2) is 24.9 Å². The van der Waals surface area contributed by atoms with E-state index in [1.165, 1.54) is 12.1 Å². The zero-order valence-electron chi connectivity index (χ0n) is 11.2. The molecular weight excluding hydrogens is 306 g/mol. The summed E-state index contributed by atoms with van der Waals surface area (Å²) in [5, 5.41) is 0. The molecule has 3 N–H and O–H groups in total. The molecular formula is C14H15N3O2S2. The lowest BCUT2D eigenvalue weighted by Crippen LogP contribution is -2.26. The summed E-state index contributed by atoms with van der Waals surface area (Å²) in [7, 11) is -3.57. The molecule has 1 aromatic heterocycles. The molecule has 2 rings (SSSR count). The molecule has 0 unspecified atom stereocenters. The third kappa shape index (κ3) is 4.32. The van der Waals surface area contributed by atoms with Crippen LogP contribution in [0, 0.1) is 0 Å². The van der Waals surface area contributed by atoms with Gasteiger partial charge in [0.2, 0.25) is 10.0 Å². The average Bonchev–Trinajstić information content (AvgIpc) is 2.48. The number of nitrogens with one attached hydrogen (secondary N) is 1. The standard InChI is InChI=1S/C14H15N3O2S2/c15-14(20)12-4-1-5-13(9-12)21(18,19)17-8-6-11-3-2-7-16-10-11/h1-5,7,9-10,17H,6,8H2,(H2,15,20). The Balaban J connectivity index is 2.05. The van der Waals surface area contributed by atoms with Crippen LogP contribution < -0.4 is 10.5 Å². The van der Waals surface area contributed by atoms with E-state index in [0.29, 0.717) is 18.5 Å². The Morgan fingerprint density at radius 2 is 2.10 bits per heavy atom. The number of rotatable bonds is 6. The normalized spacial score (nSPS) is 11.2. The molecule has 0 saturated heterocycles. The lowest BCUT2D eigenvalue weighted by atomic mass is 10.2. The highest BCUT2D eigenvalue weighted by molar-refractivity contribution is 7.89. The Hall–Kier alpha value is -1.83. The SMILES string of the molecule is NC(=S)c1cccc(S(=O)(=O)NCCc2cccnc2)c1. The molecule has 0 spiro atoms. The van der Waals surface area contributed by atoms with E-state index in [9.17, 15) is 8.42 Å². The van der Waals surface area contributed by atoms with E-state index in [2.05, 4.69) is 9.71 Å². The van der Waals surface area contributed by atoms with Crippen LogP contribution in [0.25, 0.3) is 0 Å². The molecule has 0 fully saturated rings. The van der Waals surface area contributed by atoms with Crippen LogP contribution in [0.1, 0.15) is 11.1 Å². The van der Waals surface area contributed by atoms with Crippen molar-refractivity contribution in [2.24, 2.45) is 5.73 Å². The van der Waals surface area contributed by atoms with Crippen molar-refractivity contribution in [2.45, 2.75) is 11.3 Å². The van der Waals surface area contributed by atoms with E-state index in [1.807, 2.05) is 12.1 Å². The number of nitrogens with two attached hydrogens (primary N) is 1. The fraction of sp³-hybridized carbons (Fsp3) is 0.143. The molecule has 0 aliphatic heterocycles. The van der Waals surface area contributed by atoms with E-state index >= 15 is 0 Å². The third-order valence-corrected chi connectivity index (χ3v) is 4.55. The highest BCUT2D eigenvalue weighted by atomic mass is 32.2. The van der Waals surface area contributed by atoms with Gasteiger partial charge in [-0.1, -0.05) is 30.4 Å². The smallest absolute Gasteiger partial charge is 0.240 e. The minimum atomic E-state index is -3.57. The summed E-state index contributed by atoms with van der Waals surface area (Å²) < 4.78 is 26.9. The molecule has 0 atom stereocenters. The number of hydrogen-bond acceptors (Lipinski definition) is 4. The van der Waals surface area contributed by atoms with Crippen molar-refractivity contribution in [3.63, 3.8) is 0 Å². The number of benzene rings is 1.